The lowest BCUT2D eigenvalue weighted by Gasteiger charge is -2.12. The third-order valence-corrected chi connectivity index (χ3v) is 4.39. The van der Waals surface area contributed by atoms with E-state index in [1.54, 1.807) is 24.3 Å². The number of ether oxygens (including phenoxy) is 1. The topological polar surface area (TPSA) is 58.6 Å². The average molecular weight is 298 g/mol. The molecule has 0 atom stereocenters. The Bertz CT molecular complexity index is 536. The Kier molecular flexibility index (Phi) is 6.19. The predicted molar refractivity (Wildman–Crippen MR) is 81.4 cm³/mol. The van der Waals surface area contributed by atoms with Crippen LogP contribution in [0.2, 0.25) is 0 Å². The van der Waals surface area contributed by atoms with Crippen molar-refractivity contribution in [2.24, 2.45) is 0 Å². The number of hydrogen-bond acceptors (Lipinski definition) is 4. The molecule has 5 nitrogen and oxygen atoms in total. The number of nitrogens with one attached hydrogen (secondary N) is 1. The summed E-state index contributed by atoms with van der Waals surface area (Å²) in [6.45, 7) is 7.46. The lowest BCUT2D eigenvalue weighted by Crippen LogP contribution is -2.22. The lowest BCUT2D eigenvalue weighted by atomic mass is 10.3. The molecule has 20 heavy (non-hydrogen) atoms. The van der Waals surface area contributed by atoms with Gasteiger partial charge < -0.3 is 10.1 Å². The molecule has 1 aromatic carbocycles. The minimum Gasteiger partial charge on any atom is -0.383 e. The van der Waals surface area contributed by atoms with Crippen LogP contribution in [-0.2, 0) is 14.8 Å². The number of hydrogen-bond donors (Lipinski definition) is 1. The zero-order valence-electron chi connectivity index (χ0n) is 12.2. The highest BCUT2D eigenvalue weighted by Crippen LogP contribution is 2.16. The molecule has 0 aromatic heterocycles. The van der Waals surface area contributed by atoms with Crippen molar-refractivity contribution in [3.05, 3.63) is 36.4 Å². The molecule has 0 aliphatic rings. The van der Waals surface area contributed by atoms with E-state index >= 15 is 0 Å². The van der Waals surface area contributed by atoms with Crippen molar-refractivity contribution in [2.75, 3.05) is 39.2 Å². The minimum absolute atomic E-state index is 0.284. The van der Waals surface area contributed by atoms with Crippen molar-refractivity contribution in [1.82, 2.24) is 4.31 Å². The van der Waals surface area contributed by atoms with E-state index < -0.39 is 10.0 Å². The first-order chi connectivity index (χ1) is 9.34. The van der Waals surface area contributed by atoms with Gasteiger partial charge >= 0.3 is 0 Å². The summed E-state index contributed by atoms with van der Waals surface area (Å²) in [5.74, 6) is 0. The minimum atomic E-state index is -3.36. The van der Waals surface area contributed by atoms with Crippen LogP contribution in [0.5, 0.6) is 0 Å². The maximum Gasteiger partial charge on any atom is 0.242 e. The van der Waals surface area contributed by atoms with Gasteiger partial charge in [-0.15, -0.1) is 0 Å². The number of sulfonamides is 1. The van der Waals surface area contributed by atoms with Crippen molar-refractivity contribution < 1.29 is 13.2 Å². The molecule has 0 saturated heterocycles. The molecule has 1 aromatic rings. The van der Waals surface area contributed by atoms with Gasteiger partial charge in [0.15, 0.2) is 0 Å². The van der Waals surface area contributed by atoms with E-state index in [2.05, 4.69) is 11.9 Å². The highest BCUT2D eigenvalue weighted by Gasteiger charge is 2.16. The Balaban J connectivity index is 2.49. The van der Waals surface area contributed by atoms with Gasteiger partial charge in [-0.2, -0.15) is 0 Å². The largest absolute Gasteiger partial charge is 0.383 e. The molecule has 0 spiro atoms. The van der Waals surface area contributed by atoms with E-state index in [4.69, 9.17) is 4.74 Å². The van der Waals surface area contributed by atoms with Crippen LogP contribution in [0.15, 0.2) is 41.3 Å². The zero-order chi connectivity index (χ0) is 15.2. The fraction of sp³-hybridized carbons (Fsp3) is 0.429. The van der Waals surface area contributed by atoms with E-state index in [9.17, 15) is 8.42 Å². The first kappa shape index (κ1) is 16.7. The van der Waals surface area contributed by atoms with E-state index in [0.717, 1.165) is 11.3 Å². The molecule has 112 valence electrons. The highest BCUT2D eigenvalue weighted by molar-refractivity contribution is 7.89. The van der Waals surface area contributed by atoms with Gasteiger partial charge in [0.05, 0.1) is 18.1 Å². The molecule has 0 aliphatic heterocycles. The molecule has 0 saturated carbocycles. The number of benzene rings is 1. The molecule has 0 fully saturated rings. The Labute approximate surface area is 121 Å². The molecule has 0 radical (unpaired) electrons. The van der Waals surface area contributed by atoms with Gasteiger partial charge in [0.1, 0.15) is 0 Å². The highest BCUT2D eigenvalue weighted by atomic mass is 32.2. The van der Waals surface area contributed by atoms with Gasteiger partial charge in [0.25, 0.3) is 0 Å². The standard InChI is InChI=1S/C14H22N2O3S/c1-12(2)11-19-10-9-15-13-5-7-14(8-6-13)20(17,18)16(3)4/h5-8,15H,1,9-11H2,2-4H3. The maximum atomic E-state index is 11.9. The Morgan fingerprint density at radius 1 is 1.30 bits per heavy atom. The second-order valence-corrected chi connectivity index (χ2v) is 6.90. The Hall–Kier alpha value is -1.37. The van der Waals surface area contributed by atoms with Crippen LogP contribution in [0.25, 0.3) is 0 Å². The third kappa shape index (κ3) is 4.96. The first-order valence-corrected chi connectivity index (χ1v) is 7.76. The van der Waals surface area contributed by atoms with Crippen molar-refractivity contribution in [3.63, 3.8) is 0 Å². The van der Waals surface area contributed by atoms with Crippen molar-refractivity contribution in [1.29, 1.82) is 0 Å². The Morgan fingerprint density at radius 2 is 1.90 bits per heavy atom. The number of anilines is 1. The van der Waals surface area contributed by atoms with E-state index in [0.29, 0.717) is 19.8 Å². The fourth-order valence-corrected chi connectivity index (χ4v) is 2.37. The smallest absolute Gasteiger partial charge is 0.242 e. The number of nitrogens with zero attached hydrogens (tertiary/aromatic N) is 1. The van der Waals surface area contributed by atoms with Crippen LogP contribution in [0.1, 0.15) is 6.92 Å². The van der Waals surface area contributed by atoms with Crippen molar-refractivity contribution in [3.8, 4) is 0 Å². The zero-order valence-corrected chi connectivity index (χ0v) is 13.0. The second kappa shape index (κ2) is 7.42. The van der Waals surface area contributed by atoms with E-state index in [-0.39, 0.29) is 4.90 Å². The SMILES string of the molecule is C=C(C)COCCNc1ccc(S(=O)(=O)N(C)C)cc1. The average Bonchev–Trinajstić information content (AvgIpc) is 2.38. The lowest BCUT2D eigenvalue weighted by molar-refractivity contribution is 0.167. The molecule has 6 heteroatoms. The monoisotopic (exact) mass is 298 g/mol. The molecule has 0 bridgehead atoms. The molecular weight excluding hydrogens is 276 g/mol. The van der Waals surface area contributed by atoms with Gasteiger partial charge in [-0.25, -0.2) is 12.7 Å². The van der Waals surface area contributed by atoms with Crippen molar-refractivity contribution in [2.45, 2.75) is 11.8 Å². The second-order valence-electron chi connectivity index (χ2n) is 4.75. The molecule has 0 unspecified atom stereocenters. The van der Waals surface area contributed by atoms with Crippen LogP contribution in [0.4, 0.5) is 5.69 Å². The van der Waals surface area contributed by atoms with Crippen LogP contribution < -0.4 is 5.32 Å². The maximum absolute atomic E-state index is 11.9. The van der Waals surface area contributed by atoms with Gasteiger partial charge in [-0.1, -0.05) is 12.2 Å². The summed E-state index contributed by atoms with van der Waals surface area (Å²) in [6.07, 6.45) is 0. The summed E-state index contributed by atoms with van der Waals surface area (Å²) in [7, 11) is -0.333. The molecule has 1 N–H and O–H groups in total. The van der Waals surface area contributed by atoms with Gasteiger partial charge in [-0.3, -0.25) is 0 Å². The Morgan fingerprint density at radius 3 is 2.40 bits per heavy atom. The first-order valence-electron chi connectivity index (χ1n) is 6.32. The summed E-state index contributed by atoms with van der Waals surface area (Å²) in [4.78, 5) is 0.284. The van der Waals surface area contributed by atoms with Crippen LogP contribution >= 0.6 is 0 Å². The van der Waals surface area contributed by atoms with Crippen LogP contribution in [-0.4, -0.2) is 46.6 Å². The van der Waals surface area contributed by atoms with Crippen LogP contribution in [0.3, 0.4) is 0 Å². The van der Waals surface area contributed by atoms with Gasteiger partial charge in [-0.05, 0) is 31.2 Å². The van der Waals surface area contributed by atoms with E-state index in [1.807, 2.05) is 6.92 Å². The van der Waals surface area contributed by atoms with Crippen molar-refractivity contribution >= 4 is 15.7 Å². The van der Waals surface area contributed by atoms with Gasteiger partial charge in [0.2, 0.25) is 10.0 Å². The number of rotatable bonds is 8. The molecule has 0 aliphatic carbocycles. The quantitative estimate of drug-likeness (QED) is 0.588. The fourth-order valence-electron chi connectivity index (χ4n) is 1.47. The molecule has 0 amide bonds. The summed E-state index contributed by atoms with van der Waals surface area (Å²) in [5, 5.41) is 3.16. The summed E-state index contributed by atoms with van der Waals surface area (Å²) >= 11 is 0. The van der Waals surface area contributed by atoms with E-state index in [1.165, 1.54) is 18.4 Å². The molecule has 0 heterocycles. The molecular formula is C14H22N2O3S. The summed E-state index contributed by atoms with van der Waals surface area (Å²) in [5.41, 5.74) is 1.85. The van der Waals surface area contributed by atoms with Gasteiger partial charge in [0, 0.05) is 26.3 Å². The molecule has 1 rings (SSSR count). The van der Waals surface area contributed by atoms with Crippen LogP contribution in [0, 0.1) is 0 Å². The summed E-state index contributed by atoms with van der Waals surface area (Å²) in [6, 6.07) is 6.67. The third-order valence-electron chi connectivity index (χ3n) is 2.56. The summed E-state index contributed by atoms with van der Waals surface area (Å²) < 4.78 is 30.3. The predicted octanol–water partition coefficient (Wildman–Crippen LogP) is 1.94. The normalized spacial score (nSPS) is 11.6.